The number of amides is 1. The first kappa shape index (κ1) is 14.3. The van der Waals surface area contributed by atoms with Crippen LogP contribution in [0.2, 0.25) is 5.02 Å². The number of nitrogens with one attached hydrogen (secondary N) is 1. The molecule has 0 aliphatic heterocycles. The van der Waals surface area contributed by atoms with Crippen molar-refractivity contribution < 1.29 is 4.79 Å². The summed E-state index contributed by atoms with van der Waals surface area (Å²) in [4.78, 5) is 12.0. The molecule has 0 fully saturated rings. The maximum atomic E-state index is 12.0. The van der Waals surface area contributed by atoms with Gasteiger partial charge in [0.05, 0.1) is 10.6 Å². The molecule has 0 radical (unpaired) electrons. The third-order valence-electron chi connectivity index (χ3n) is 2.08. The van der Waals surface area contributed by atoms with E-state index in [1.807, 2.05) is 0 Å². The summed E-state index contributed by atoms with van der Waals surface area (Å²) in [6, 6.07) is 6.89. The Balaban J connectivity index is 2.07. The predicted molar refractivity (Wildman–Crippen MR) is 80.3 cm³/mol. The van der Waals surface area contributed by atoms with Crippen LogP contribution in [0.4, 0.5) is 5.13 Å². The van der Waals surface area contributed by atoms with Crippen molar-refractivity contribution in [1.29, 1.82) is 0 Å². The summed E-state index contributed by atoms with van der Waals surface area (Å²) in [5.74, 6) is -0.275. The molecule has 1 heterocycles. The van der Waals surface area contributed by atoms with Gasteiger partial charge in [-0.15, -0.1) is 10.2 Å². The van der Waals surface area contributed by atoms with E-state index in [0.717, 1.165) is 4.34 Å². The summed E-state index contributed by atoms with van der Waals surface area (Å²) >= 11 is 8.93. The van der Waals surface area contributed by atoms with Crippen molar-refractivity contribution in [3.63, 3.8) is 0 Å². The number of thioether (sulfide) groups is 1. The van der Waals surface area contributed by atoms with Gasteiger partial charge in [0.15, 0.2) is 4.34 Å². The number of carbonyl (C=O) groups excluding carboxylic acids is 1. The number of hydrogen-bond donors (Lipinski definition) is 1. The number of aromatic nitrogens is 2. The Kier molecular flexibility index (Phi) is 4.79. The van der Waals surface area contributed by atoms with E-state index < -0.39 is 0 Å². The number of nitrogens with zero attached hydrogens (tertiary/aromatic N) is 2. The van der Waals surface area contributed by atoms with Crippen LogP contribution in [0.5, 0.6) is 0 Å². The van der Waals surface area contributed by atoms with Crippen molar-refractivity contribution in [3.8, 4) is 0 Å². The molecular formula is C12H12ClN3OS2. The van der Waals surface area contributed by atoms with E-state index in [1.165, 1.54) is 11.3 Å². The molecule has 1 amide bonds. The van der Waals surface area contributed by atoms with Crippen molar-refractivity contribution in [3.05, 3.63) is 34.9 Å². The average Bonchev–Trinajstić information content (AvgIpc) is 2.76. The van der Waals surface area contributed by atoms with E-state index in [4.69, 9.17) is 11.6 Å². The van der Waals surface area contributed by atoms with Crippen molar-refractivity contribution in [2.45, 2.75) is 23.4 Å². The summed E-state index contributed by atoms with van der Waals surface area (Å²) in [7, 11) is 0. The Morgan fingerprint density at radius 3 is 2.79 bits per heavy atom. The largest absolute Gasteiger partial charge is 0.296 e. The van der Waals surface area contributed by atoms with Crippen molar-refractivity contribution in [2.75, 3.05) is 5.32 Å². The van der Waals surface area contributed by atoms with Crippen LogP contribution in [0, 0.1) is 0 Å². The zero-order valence-corrected chi connectivity index (χ0v) is 12.8. The SMILES string of the molecule is CC(C)Sc1nnc(NC(=O)c2ccccc2Cl)s1. The third kappa shape index (κ3) is 3.92. The molecule has 0 saturated heterocycles. The van der Waals surface area contributed by atoms with Gasteiger partial charge in [-0.1, -0.05) is 60.7 Å². The number of carbonyl (C=O) groups is 1. The Bertz CT molecular complexity index is 586. The smallest absolute Gasteiger partial charge is 0.259 e. The molecule has 0 saturated carbocycles. The molecular weight excluding hydrogens is 302 g/mol. The van der Waals surface area contributed by atoms with Crippen molar-refractivity contribution in [2.24, 2.45) is 0 Å². The molecule has 1 aromatic heterocycles. The highest BCUT2D eigenvalue weighted by Crippen LogP contribution is 2.29. The summed E-state index contributed by atoms with van der Waals surface area (Å²) in [5, 5.41) is 12.0. The highest BCUT2D eigenvalue weighted by molar-refractivity contribution is 8.01. The molecule has 7 heteroatoms. The number of halogens is 1. The van der Waals surface area contributed by atoms with Crippen LogP contribution in [-0.4, -0.2) is 21.4 Å². The van der Waals surface area contributed by atoms with E-state index in [2.05, 4.69) is 29.4 Å². The second-order valence-corrected chi connectivity index (χ2v) is 7.18. The lowest BCUT2D eigenvalue weighted by molar-refractivity contribution is 0.102. The summed E-state index contributed by atoms with van der Waals surface area (Å²) in [6.07, 6.45) is 0. The van der Waals surface area contributed by atoms with Crippen LogP contribution < -0.4 is 5.32 Å². The first-order chi connectivity index (χ1) is 9.06. The number of benzene rings is 1. The monoisotopic (exact) mass is 313 g/mol. The van der Waals surface area contributed by atoms with Gasteiger partial charge in [-0.3, -0.25) is 10.1 Å². The molecule has 19 heavy (non-hydrogen) atoms. The van der Waals surface area contributed by atoms with E-state index in [-0.39, 0.29) is 5.91 Å². The van der Waals surface area contributed by atoms with Crippen LogP contribution in [0.15, 0.2) is 28.6 Å². The zero-order valence-electron chi connectivity index (χ0n) is 10.4. The highest BCUT2D eigenvalue weighted by Gasteiger charge is 2.13. The molecule has 1 aromatic carbocycles. The summed E-state index contributed by atoms with van der Waals surface area (Å²) in [6.45, 7) is 4.15. The predicted octanol–water partition coefficient (Wildman–Crippen LogP) is 3.94. The molecule has 0 aliphatic carbocycles. The minimum absolute atomic E-state index is 0.275. The van der Waals surface area contributed by atoms with Gasteiger partial charge in [0.25, 0.3) is 5.91 Å². The van der Waals surface area contributed by atoms with E-state index in [0.29, 0.717) is 21.0 Å². The maximum absolute atomic E-state index is 12.0. The molecule has 1 N–H and O–H groups in total. The molecule has 4 nitrogen and oxygen atoms in total. The topological polar surface area (TPSA) is 54.9 Å². The molecule has 0 aliphatic rings. The molecule has 2 rings (SSSR count). The number of rotatable bonds is 4. The number of hydrogen-bond acceptors (Lipinski definition) is 5. The molecule has 100 valence electrons. The third-order valence-corrected chi connectivity index (χ3v) is 4.34. The Morgan fingerprint density at radius 1 is 1.37 bits per heavy atom. The van der Waals surface area contributed by atoms with Crippen molar-refractivity contribution in [1.82, 2.24) is 10.2 Å². The fraction of sp³-hybridized carbons (Fsp3) is 0.250. The summed E-state index contributed by atoms with van der Waals surface area (Å²) in [5.41, 5.74) is 0.428. The standard InChI is InChI=1S/C12H12ClN3OS2/c1-7(2)18-12-16-15-11(19-12)14-10(17)8-5-3-4-6-9(8)13/h3-7H,1-2H3,(H,14,15,17). The first-order valence-electron chi connectivity index (χ1n) is 5.62. The minimum atomic E-state index is -0.275. The summed E-state index contributed by atoms with van der Waals surface area (Å²) < 4.78 is 0.837. The number of anilines is 1. The van der Waals surface area contributed by atoms with Gasteiger partial charge in [-0.05, 0) is 12.1 Å². The molecule has 0 atom stereocenters. The van der Waals surface area contributed by atoms with E-state index in [1.54, 1.807) is 36.0 Å². The van der Waals surface area contributed by atoms with E-state index in [9.17, 15) is 4.79 Å². The van der Waals surface area contributed by atoms with Gasteiger partial charge in [-0.25, -0.2) is 0 Å². The lowest BCUT2D eigenvalue weighted by Gasteiger charge is -2.02. The quantitative estimate of drug-likeness (QED) is 0.686. The van der Waals surface area contributed by atoms with Crippen LogP contribution in [0.3, 0.4) is 0 Å². The average molecular weight is 314 g/mol. The fourth-order valence-electron chi connectivity index (χ4n) is 1.32. The van der Waals surface area contributed by atoms with Gasteiger partial charge in [0.2, 0.25) is 5.13 Å². The molecule has 0 bridgehead atoms. The highest BCUT2D eigenvalue weighted by atomic mass is 35.5. The normalized spacial score (nSPS) is 10.7. The Labute approximate surface area is 124 Å². The maximum Gasteiger partial charge on any atom is 0.259 e. The zero-order chi connectivity index (χ0) is 13.8. The lowest BCUT2D eigenvalue weighted by atomic mass is 10.2. The van der Waals surface area contributed by atoms with Crippen molar-refractivity contribution >= 4 is 45.7 Å². The second kappa shape index (κ2) is 6.36. The second-order valence-electron chi connectivity index (χ2n) is 3.97. The lowest BCUT2D eigenvalue weighted by Crippen LogP contribution is -2.12. The van der Waals surface area contributed by atoms with Gasteiger partial charge in [-0.2, -0.15) is 0 Å². The first-order valence-corrected chi connectivity index (χ1v) is 7.69. The molecule has 2 aromatic rings. The van der Waals surface area contributed by atoms with Gasteiger partial charge in [0, 0.05) is 5.25 Å². The fourth-order valence-corrected chi connectivity index (χ4v) is 3.51. The van der Waals surface area contributed by atoms with Crippen LogP contribution in [0.25, 0.3) is 0 Å². The van der Waals surface area contributed by atoms with Gasteiger partial charge >= 0.3 is 0 Å². The van der Waals surface area contributed by atoms with Crippen LogP contribution in [-0.2, 0) is 0 Å². The van der Waals surface area contributed by atoms with Gasteiger partial charge in [0.1, 0.15) is 0 Å². The van der Waals surface area contributed by atoms with Crippen LogP contribution >= 0.6 is 34.7 Å². The van der Waals surface area contributed by atoms with E-state index >= 15 is 0 Å². The Hall–Kier alpha value is -1.11. The van der Waals surface area contributed by atoms with Gasteiger partial charge < -0.3 is 0 Å². The molecule has 0 unspecified atom stereocenters. The Morgan fingerprint density at radius 2 is 2.11 bits per heavy atom. The van der Waals surface area contributed by atoms with Crippen LogP contribution in [0.1, 0.15) is 24.2 Å². The minimum Gasteiger partial charge on any atom is -0.296 e. The molecule has 0 spiro atoms.